The van der Waals surface area contributed by atoms with Gasteiger partial charge in [-0.15, -0.1) is 0 Å². The summed E-state index contributed by atoms with van der Waals surface area (Å²) >= 11 is 1.53. The molecule has 5 nitrogen and oxygen atoms in total. The van der Waals surface area contributed by atoms with E-state index in [4.69, 9.17) is 14.5 Å². The van der Waals surface area contributed by atoms with E-state index in [0.717, 1.165) is 46.5 Å². The molecule has 1 amide bonds. The molecule has 35 heavy (non-hydrogen) atoms. The van der Waals surface area contributed by atoms with Gasteiger partial charge in [0.25, 0.3) is 0 Å². The summed E-state index contributed by atoms with van der Waals surface area (Å²) in [6.07, 6.45) is 2.37. The van der Waals surface area contributed by atoms with Gasteiger partial charge >= 0.3 is 0 Å². The van der Waals surface area contributed by atoms with Crippen LogP contribution in [0.2, 0.25) is 0 Å². The number of carbonyl (C=O) groups is 1. The number of ether oxygens (including phenoxy) is 2. The van der Waals surface area contributed by atoms with Crippen LogP contribution < -0.4 is 9.64 Å². The molecule has 0 aliphatic carbocycles. The number of benzene rings is 3. The highest BCUT2D eigenvalue weighted by atomic mass is 32.1. The summed E-state index contributed by atoms with van der Waals surface area (Å²) in [5.74, 6) is 0.768. The third-order valence-electron chi connectivity index (χ3n) is 6.40. The lowest BCUT2D eigenvalue weighted by Crippen LogP contribution is -2.38. The summed E-state index contributed by atoms with van der Waals surface area (Å²) in [5.41, 5.74) is 3.07. The van der Waals surface area contributed by atoms with Crippen LogP contribution in [0.4, 0.5) is 5.13 Å². The Hall–Kier alpha value is -3.22. The van der Waals surface area contributed by atoms with Gasteiger partial charge in [-0.3, -0.25) is 9.69 Å². The lowest BCUT2D eigenvalue weighted by atomic mass is 9.88. The zero-order valence-electron chi connectivity index (χ0n) is 19.9. The van der Waals surface area contributed by atoms with E-state index in [-0.39, 0.29) is 17.9 Å². The quantitative estimate of drug-likeness (QED) is 0.274. The van der Waals surface area contributed by atoms with Gasteiger partial charge < -0.3 is 9.47 Å². The number of anilines is 1. The van der Waals surface area contributed by atoms with Gasteiger partial charge in [0, 0.05) is 18.9 Å². The maximum Gasteiger partial charge on any atom is 0.229 e. The highest BCUT2D eigenvalue weighted by Gasteiger charge is 2.29. The van der Waals surface area contributed by atoms with Gasteiger partial charge in [-0.1, -0.05) is 78.1 Å². The third-order valence-corrected chi connectivity index (χ3v) is 7.44. The first-order chi connectivity index (χ1) is 17.2. The van der Waals surface area contributed by atoms with E-state index >= 15 is 0 Å². The summed E-state index contributed by atoms with van der Waals surface area (Å²) in [7, 11) is 0. The number of hydrogen-bond acceptors (Lipinski definition) is 5. The van der Waals surface area contributed by atoms with Crippen LogP contribution in [0, 0.1) is 0 Å². The first-order valence-corrected chi connectivity index (χ1v) is 13.1. The molecule has 0 radical (unpaired) electrons. The van der Waals surface area contributed by atoms with Crippen molar-refractivity contribution in [2.24, 2.45) is 0 Å². The SMILES string of the molecule is CCOc1cccc2sc(N(C[C@H]3CCCO3)C(=O)CC(c3ccccc3)c3ccccc3)nc12. The molecule has 4 aromatic rings. The van der Waals surface area contributed by atoms with Crippen molar-refractivity contribution in [2.45, 2.75) is 38.2 Å². The van der Waals surface area contributed by atoms with Crippen molar-refractivity contribution < 1.29 is 14.3 Å². The largest absolute Gasteiger partial charge is 0.492 e. The van der Waals surface area contributed by atoms with E-state index in [9.17, 15) is 4.79 Å². The number of carbonyl (C=O) groups excluding carboxylic acids is 1. The number of thiazole rings is 1. The van der Waals surface area contributed by atoms with E-state index < -0.39 is 0 Å². The van der Waals surface area contributed by atoms with Crippen LogP contribution in [0.5, 0.6) is 5.75 Å². The second kappa shape index (κ2) is 11.0. The number of para-hydroxylation sites is 1. The van der Waals surface area contributed by atoms with Crippen molar-refractivity contribution in [3.05, 3.63) is 90.0 Å². The van der Waals surface area contributed by atoms with E-state index in [1.165, 1.54) is 11.3 Å². The number of aromatic nitrogens is 1. The van der Waals surface area contributed by atoms with Crippen molar-refractivity contribution in [3.63, 3.8) is 0 Å². The molecule has 6 heteroatoms. The van der Waals surface area contributed by atoms with Crippen molar-refractivity contribution in [1.29, 1.82) is 0 Å². The average molecular weight is 487 g/mol. The zero-order valence-corrected chi connectivity index (χ0v) is 20.7. The minimum atomic E-state index is -0.0368. The standard InChI is InChI=1S/C29H30N2O3S/c1-2-33-25-16-9-17-26-28(25)30-29(35-26)31(20-23-15-10-18-34-23)27(32)19-24(21-11-5-3-6-12-21)22-13-7-4-8-14-22/h3-9,11-14,16-17,23-24H,2,10,15,18-20H2,1H3/t23-/m1/s1. The molecule has 1 aliphatic rings. The smallest absolute Gasteiger partial charge is 0.229 e. The predicted molar refractivity (Wildman–Crippen MR) is 141 cm³/mol. The van der Waals surface area contributed by atoms with E-state index in [1.807, 2.05) is 66.4 Å². The van der Waals surface area contributed by atoms with Gasteiger partial charge in [0.05, 0.1) is 24.0 Å². The summed E-state index contributed by atoms with van der Waals surface area (Å²) in [6.45, 7) is 3.80. The first-order valence-electron chi connectivity index (χ1n) is 12.3. The Kier molecular flexibility index (Phi) is 7.40. The zero-order chi connectivity index (χ0) is 24.0. The lowest BCUT2D eigenvalue weighted by Gasteiger charge is -2.26. The van der Waals surface area contributed by atoms with Gasteiger partial charge in [0.15, 0.2) is 5.13 Å². The molecular weight excluding hydrogens is 456 g/mol. The van der Waals surface area contributed by atoms with Gasteiger partial charge in [0.2, 0.25) is 5.91 Å². The van der Waals surface area contributed by atoms with Crippen LogP contribution in [-0.4, -0.2) is 36.8 Å². The van der Waals surface area contributed by atoms with Crippen molar-refractivity contribution in [3.8, 4) is 5.75 Å². The van der Waals surface area contributed by atoms with Crippen LogP contribution in [0.3, 0.4) is 0 Å². The Morgan fingerprint density at radius 1 is 1.06 bits per heavy atom. The summed E-state index contributed by atoms with van der Waals surface area (Å²) in [4.78, 5) is 20.7. The Bertz CT molecular complexity index is 1210. The summed E-state index contributed by atoms with van der Waals surface area (Å²) in [5, 5.41) is 0.701. The molecular formula is C29H30N2O3S. The molecule has 180 valence electrons. The fourth-order valence-corrected chi connectivity index (χ4v) is 5.67. The molecule has 2 heterocycles. The number of fused-ring (bicyclic) bond motifs is 1. The van der Waals surface area contributed by atoms with E-state index in [1.54, 1.807) is 0 Å². The van der Waals surface area contributed by atoms with Crippen molar-refractivity contribution in [1.82, 2.24) is 4.98 Å². The van der Waals surface area contributed by atoms with Crippen LogP contribution in [0.25, 0.3) is 10.2 Å². The van der Waals surface area contributed by atoms with Crippen molar-refractivity contribution >= 4 is 32.6 Å². The molecule has 1 atom stereocenters. The molecule has 0 saturated carbocycles. The minimum absolute atomic E-state index is 0.0317. The highest BCUT2D eigenvalue weighted by Crippen LogP contribution is 2.36. The Morgan fingerprint density at radius 3 is 2.40 bits per heavy atom. The monoisotopic (exact) mass is 486 g/mol. The van der Waals surface area contributed by atoms with Crippen molar-refractivity contribution in [2.75, 3.05) is 24.7 Å². The van der Waals surface area contributed by atoms with E-state index in [2.05, 4.69) is 24.3 Å². The molecule has 0 unspecified atom stereocenters. The fourth-order valence-electron chi connectivity index (χ4n) is 4.66. The second-order valence-corrected chi connectivity index (χ2v) is 9.76. The average Bonchev–Trinajstić information content (AvgIpc) is 3.57. The van der Waals surface area contributed by atoms with Gasteiger partial charge in [-0.05, 0) is 43.0 Å². The topological polar surface area (TPSA) is 51.7 Å². The third kappa shape index (κ3) is 5.39. The van der Waals surface area contributed by atoms with E-state index in [0.29, 0.717) is 24.7 Å². The fraction of sp³-hybridized carbons (Fsp3) is 0.310. The van der Waals surface area contributed by atoms with Crippen LogP contribution in [0.1, 0.15) is 43.2 Å². The predicted octanol–water partition coefficient (Wildman–Crippen LogP) is 6.43. The van der Waals surface area contributed by atoms with Crippen LogP contribution in [-0.2, 0) is 9.53 Å². The molecule has 3 aromatic carbocycles. The Balaban J connectivity index is 1.49. The number of amides is 1. The summed E-state index contributed by atoms with van der Waals surface area (Å²) in [6, 6.07) is 26.5. The minimum Gasteiger partial charge on any atom is -0.492 e. The van der Waals surface area contributed by atoms with Gasteiger partial charge in [-0.25, -0.2) is 4.98 Å². The van der Waals surface area contributed by atoms with Gasteiger partial charge in [-0.2, -0.15) is 0 Å². The van der Waals surface area contributed by atoms with Crippen LogP contribution >= 0.6 is 11.3 Å². The maximum absolute atomic E-state index is 14.0. The molecule has 1 fully saturated rings. The number of nitrogens with zero attached hydrogens (tertiary/aromatic N) is 2. The molecule has 0 spiro atoms. The molecule has 0 bridgehead atoms. The molecule has 0 N–H and O–H groups in total. The summed E-state index contributed by atoms with van der Waals surface area (Å²) < 4.78 is 12.7. The second-order valence-electron chi connectivity index (χ2n) is 8.75. The normalized spacial score (nSPS) is 15.5. The van der Waals surface area contributed by atoms with Crippen LogP contribution in [0.15, 0.2) is 78.9 Å². The molecule has 5 rings (SSSR count). The maximum atomic E-state index is 14.0. The first kappa shape index (κ1) is 23.5. The lowest BCUT2D eigenvalue weighted by molar-refractivity contribution is -0.119. The number of hydrogen-bond donors (Lipinski definition) is 0. The molecule has 1 saturated heterocycles. The highest BCUT2D eigenvalue weighted by molar-refractivity contribution is 7.22. The van der Waals surface area contributed by atoms with Gasteiger partial charge in [0.1, 0.15) is 11.3 Å². The Labute approximate surface area is 210 Å². The molecule has 1 aromatic heterocycles. The molecule has 1 aliphatic heterocycles. The number of rotatable bonds is 9. The Morgan fingerprint density at radius 2 is 1.77 bits per heavy atom.